The summed E-state index contributed by atoms with van der Waals surface area (Å²) in [6, 6.07) is 8.13. The van der Waals surface area contributed by atoms with Gasteiger partial charge in [0.15, 0.2) is 0 Å². The zero-order chi connectivity index (χ0) is 14.2. The Hall–Kier alpha value is -0.650. The molecule has 0 aromatic heterocycles. The molecule has 0 saturated carbocycles. The van der Waals surface area contributed by atoms with Crippen molar-refractivity contribution < 1.29 is 19.6 Å². The maximum absolute atomic E-state index is 8.65. The highest BCUT2D eigenvalue weighted by atomic mass is 35.5. The van der Waals surface area contributed by atoms with E-state index in [0.717, 1.165) is 24.7 Å². The molecule has 0 atom stereocenters. The van der Waals surface area contributed by atoms with Gasteiger partial charge in [0.25, 0.3) is 0 Å². The summed E-state index contributed by atoms with van der Waals surface area (Å²) in [7, 11) is 0. The zero-order valence-corrected chi connectivity index (χ0v) is 12.7. The van der Waals surface area contributed by atoms with Crippen LogP contribution < -0.4 is 9.80 Å². The van der Waals surface area contributed by atoms with Crippen molar-refractivity contribution in [1.82, 2.24) is 0 Å². The summed E-state index contributed by atoms with van der Waals surface area (Å²) in [5.74, 6) is 0. The number of benzene rings is 1. The van der Waals surface area contributed by atoms with Gasteiger partial charge in [0, 0.05) is 10.6 Å². The monoisotopic (exact) mass is 300 g/mol. The van der Waals surface area contributed by atoms with Crippen LogP contribution in [0.1, 0.15) is 5.56 Å². The largest absolute Gasteiger partial charge is 0.394 e. The molecule has 1 aliphatic rings. The standard InChI is InChI=1S/C15H23ClN2O2/c16-15-4-2-1-3-14(15)13-18-7-5-17(6-8-18)9-11-20-12-10-19/h1-4,19H,5-13H2/p+2. The van der Waals surface area contributed by atoms with Crippen LogP contribution in [0.2, 0.25) is 5.02 Å². The summed E-state index contributed by atoms with van der Waals surface area (Å²) in [6.45, 7) is 8.11. The molecule has 0 amide bonds. The average molecular weight is 301 g/mol. The smallest absolute Gasteiger partial charge is 0.127 e. The first kappa shape index (κ1) is 15.7. The Morgan fingerprint density at radius 1 is 1.05 bits per heavy atom. The molecule has 4 nitrogen and oxygen atoms in total. The number of halogens is 1. The van der Waals surface area contributed by atoms with Crippen molar-refractivity contribution in [3.8, 4) is 0 Å². The van der Waals surface area contributed by atoms with Gasteiger partial charge < -0.3 is 19.6 Å². The Morgan fingerprint density at radius 2 is 1.75 bits per heavy atom. The highest BCUT2D eigenvalue weighted by molar-refractivity contribution is 6.31. The quantitative estimate of drug-likeness (QED) is 0.544. The molecule has 3 N–H and O–H groups in total. The second-order valence-corrected chi connectivity index (χ2v) is 5.76. The van der Waals surface area contributed by atoms with E-state index < -0.39 is 0 Å². The van der Waals surface area contributed by atoms with E-state index in [2.05, 4.69) is 12.1 Å². The first-order valence-corrected chi connectivity index (χ1v) is 7.76. The molecule has 2 rings (SSSR count). The number of aliphatic hydroxyl groups excluding tert-OH is 1. The van der Waals surface area contributed by atoms with E-state index in [1.807, 2.05) is 12.1 Å². The van der Waals surface area contributed by atoms with Crippen LogP contribution in [-0.2, 0) is 11.3 Å². The van der Waals surface area contributed by atoms with Crippen LogP contribution in [0.25, 0.3) is 0 Å². The van der Waals surface area contributed by atoms with Crippen LogP contribution in [0.5, 0.6) is 0 Å². The van der Waals surface area contributed by atoms with Crippen molar-refractivity contribution >= 4 is 11.6 Å². The number of aliphatic hydroxyl groups is 1. The SMILES string of the molecule is OCCOCC[NH+]1CC[NH+](Cc2ccccc2Cl)CC1. The minimum Gasteiger partial charge on any atom is -0.394 e. The third-order valence-electron chi connectivity index (χ3n) is 3.90. The highest BCUT2D eigenvalue weighted by Crippen LogP contribution is 2.13. The van der Waals surface area contributed by atoms with Crippen LogP contribution in [0.3, 0.4) is 0 Å². The summed E-state index contributed by atoms with van der Waals surface area (Å²) in [5.41, 5.74) is 1.25. The van der Waals surface area contributed by atoms with Gasteiger partial charge in [-0.2, -0.15) is 0 Å². The number of rotatable bonds is 7. The van der Waals surface area contributed by atoms with Gasteiger partial charge >= 0.3 is 0 Å². The predicted molar refractivity (Wildman–Crippen MR) is 79.3 cm³/mol. The Bertz CT molecular complexity index is 395. The lowest BCUT2D eigenvalue weighted by atomic mass is 10.2. The molecular formula is C15H25ClN2O2+2. The minimum absolute atomic E-state index is 0.116. The van der Waals surface area contributed by atoms with Gasteiger partial charge in [0.1, 0.15) is 39.3 Å². The van der Waals surface area contributed by atoms with Crippen LogP contribution in [0.15, 0.2) is 24.3 Å². The van der Waals surface area contributed by atoms with E-state index in [1.54, 1.807) is 9.80 Å². The van der Waals surface area contributed by atoms with Crippen molar-refractivity contribution in [1.29, 1.82) is 0 Å². The molecule has 20 heavy (non-hydrogen) atoms. The number of nitrogens with one attached hydrogen (secondary N) is 2. The van der Waals surface area contributed by atoms with Gasteiger partial charge in [-0.05, 0) is 6.07 Å². The van der Waals surface area contributed by atoms with Crippen molar-refractivity contribution in [2.75, 3.05) is 52.5 Å². The van der Waals surface area contributed by atoms with E-state index in [1.165, 1.54) is 31.7 Å². The number of hydrogen-bond acceptors (Lipinski definition) is 2. The third-order valence-corrected chi connectivity index (χ3v) is 4.27. The molecule has 0 spiro atoms. The first-order chi connectivity index (χ1) is 9.79. The lowest BCUT2D eigenvalue weighted by Gasteiger charge is -2.29. The van der Waals surface area contributed by atoms with Gasteiger partial charge in [0.2, 0.25) is 0 Å². The molecule has 0 unspecified atom stereocenters. The van der Waals surface area contributed by atoms with Crippen molar-refractivity contribution in [2.45, 2.75) is 6.54 Å². The maximum atomic E-state index is 8.65. The van der Waals surface area contributed by atoms with Gasteiger partial charge in [0.05, 0.1) is 19.8 Å². The molecular weight excluding hydrogens is 276 g/mol. The summed E-state index contributed by atoms with van der Waals surface area (Å²) in [4.78, 5) is 3.21. The number of ether oxygens (including phenoxy) is 1. The normalized spacial score (nSPS) is 22.9. The fourth-order valence-electron chi connectivity index (χ4n) is 2.68. The number of hydrogen-bond donors (Lipinski definition) is 3. The fraction of sp³-hybridized carbons (Fsp3) is 0.600. The summed E-state index contributed by atoms with van der Waals surface area (Å²) in [5, 5.41) is 9.54. The average Bonchev–Trinajstić information content (AvgIpc) is 2.48. The van der Waals surface area contributed by atoms with E-state index in [4.69, 9.17) is 21.4 Å². The Balaban J connectivity index is 1.68. The second-order valence-electron chi connectivity index (χ2n) is 5.35. The molecule has 5 heteroatoms. The Kier molecular flexibility index (Phi) is 6.76. The van der Waals surface area contributed by atoms with E-state index in [9.17, 15) is 0 Å². The number of piperazine rings is 1. The first-order valence-electron chi connectivity index (χ1n) is 7.38. The lowest BCUT2D eigenvalue weighted by Crippen LogP contribution is -3.27. The molecule has 0 bridgehead atoms. The van der Waals surface area contributed by atoms with Crippen molar-refractivity contribution in [2.24, 2.45) is 0 Å². The molecule has 1 fully saturated rings. The van der Waals surface area contributed by atoms with Crippen molar-refractivity contribution in [3.63, 3.8) is 0 Å². The van der Waals surface area contributed by atoms with Crippen LogP contribution in [-0.4, -0.2) is 57.7 Å². The van der Waals surface area contributed by atoms with Crippen LogP contribution in [0, 0.1) is 0 Å². The molecule has 1 aliphatic heterocycles. The van der Waals surface area contributed by atoms with Gasteiger partial charge in [-0.3, -0.25) is 0 Å². The van der Waals surface area contributed by atoms with Crippen LogP contribution >= 0.6 is 11.6 Å². The Morgan fingerprint density at radius 3 is 2.45 bits per heavy atom. The Labute approximate surface area is 125 Å². The summed E-state index contributed by atoms with van der Waals surface area (Å²) in [6.07, 6.45) is 0. The maximum Gasteiger partial charge on any atom is 0.127 e. The van der Waals surface area contributed by atoms with Gasteiger partial charge in [-0.15, -0.1) is 0 Å². The molecule has 1 aromatic carbocycles. The van der Waals surface area contributed by atoms with Gasteiger partial charge in [-0.25, -0.2) is 0 Å². The van der Waals surface area contributed by atoms with E-state index >= 15 is 0 Å². The molecule has 112 valence electrons. The van der Waals surface area contributed by atoms with Gasteiger partial charge in [-0.1, -0.05) is 29.8 Å². The minimum atomic E-state index is 0.116. The topological polar surface area (TPSA) is 38.3 Å². The molecule has 1 heterocycles. The lowest BCUT2D eigenvalue weighted by molar-refractivity contribution is -1.02. The summed E-state index contributed by atoms with van der Waals surface area (Å²) >= 11 is 6.21. The number of quaternary nitrogens is 2. The highest BCUT2D eigenvalue weighted by Gasteiger charge is 2.23. The molecule has 0 aliphatic carbocycles. The van der Waals surface area contributed by atoms with Crippen molar-refractivity contribution in [3.05, 3.63) is 34.9 Å². The van der Waals surface area contributed by atoms with E-state index in [-0.39, 0.29) is 6.61 Å². The van der Waals surface area contributed by atoms with E-state index in [0.29, 0.717) is 6.61 Å². The second kappa shape index (κ2) is 8.60. The molecule has 0 radical (unpaired) electrons. The molecule has 1 saturated heterocycles. The summed E-state index contributed by atoms with van der Waals surface area (Å²) < 4.78 is 5.33. The van der Waals surface area contributed by atoms with Crippen LogP contribution in [0.4, 0.5) is 0 Å². The predicted octanol–water partition coefficient (Wildman–Crippen LogP) is -1.37. The zero-order valence-electron chi connectivity index (χ0n) is 11.9. The fourth-order valence-corrected chi connectivity index (χ4v) is 2.88. The molecule has 1 aromatic rings. The third kappa shape index (κ3) is 5.04.